The Labute approximate surface area is 134 Å². The summed E-state index contributed by atoms with van der Waals surface area (Å²) in [5, 5.41) is 20.4. The van der Waals surface area contributed by atoms with Gasteiger partial charge in [0.2, 0.25) is 0 Å². The van der Waals surface area contributed by atoms with Gasteiger partial charge in [-0.1, -0.05) is 12.1 Å². The van der Waals surface area contributed by atoms with E-state index in [0.29, 0.717) is 5.01 Å². The molecule has 3 aromatic rings. The van der Waals surface area contributed by atoms with Crippen molar-refractivity contribution in [2.24, 2.45) is 0 Å². The van der Waals surface area contributed by atoms with Crippen molar-refractivity contribution in [3.8, 4) is 6.07 Å². The van der Waals surface area contributed by atoms with Crippen LogP contribution >= 0.6 is 11.3 Å². The number of nitro groups is 1. The van der Waals surface area contributed by atoms with Gasteiger partial charge in [0.25, 0.3) is 5.69 Å². The number of carbonyl (C=O) groups excluding carboxylic acids is 1. The lowest BCUT2D eigenvalue weighted by Crippen LogP contribution is -2.11. The van der Waals surface area contributed by atoms with E-state index in [1.54, 1.807) is 0 Å². The van der Waals surface area contributed by atoms with Crippen LogP contribution in [0.5, 0.6) is 0 Å². The average Bonchev–Trinajstić information content (AvgIpc) is 2.99. The Morgan fingerprint density at radius 3 is 2.52 bits per heavy atom. The summed E-state index contributed by atoms with van der Waals surface area (Å²) in [6, 6.07) is 14.6. The van der Waals surface area contributed by atoms with Gasteiger partial charge in [0, 0.05) is 17.7 Å². The molecule has 0 saturated carbocycles. The fourth-order valence-corrected chi connectivity index (χ4v) is 3.17. The number of hydrogen-bond acceptors (Lipinski definition) is 6. The van der Waals surface area contributed by atoms with Gasteiger partial charge >= 0.3 is 0 Å². The topological polar surface area (TPSA) is 96.9 Å². The Balaban J connectivity index is 1.95. The summed E-state index contributed by atoms with van der Waals surface area (Å²) in [7, 11) is 0. The molecule has 23 heavy (non-hydrogen) atoms. The molecule has 0 spiro atoms. The van der Waals surface area contributed by atoms with Gasteiger partial charge in [0.05, 0.1) is 21.2 Å². The van der Waals surface area contributed by atoms with Crippen LogP contribution in [0.1, 0.15) is 21.3 Å². The summed E-state index contributed by atoms with van der Waals surface area (Å²) < 4.78 is 0.902. The van der Waals surface area contributed by atoms with Crippen molar-refractivity contribution in [3.05, 3.63) is 69.2 Å². The highest BCUT2D eigenvalue weighted by Crippen LogP contribution is 2.29. The molecule has 3 rings (SSSR count). The number of ketones is 1. The first kappa shape index (κ1) is 14.8. The molecule has 0 bridgehead atoms. The second kappa shape index (κ2) is 5.94. The van der Waals surface area contributed by atoms with Crippen LogP contribution in [0.25, 0.3) is 10.2 Å². The third-order valence-corrected chi connectivity index (χ3v) is 4.41. The molecule has 2 aromatic carbocycles. The van der Waals surface area contributed by atoms with Crippen LogP contribution in [0.4, 0.5) is 5.69 Å². The molecule has 0 aliphatic carbocycles. The van der Waals surface area contributed by atoms with Gasteiger partial charge in [-0.15, -0.1) is 11.3 Å². The lowest BCUT2D eigenvalue weighted by Gasteiger charge is -2.04. The van der Waals surface area contributed by atoms with E-state index >= 15 is 0 Å². The summed E-state index contributed by atoms with van der Waals surface area (Å²) in [5.74, 6) is -1.43. The number of non-ortho nitro benzene ring substituents is 1. The Morgan fingerprint density at radius 2 is 1.91 bits per heavy atom. The van der Waals surface area contributed by atoms with Crippen LogP contribution in [0, 0.1) is 21.4 Å². The van der Waals surface area contributed by atoms with E-state index in [1.807, 2.05) is 30.3 Å². The highest BCUT2D eigenvalue weighted by atomic mass is 32.1. The van der Waals surface area contributed by atoms with Crippen LogP contribution in [0.2, 0.25) is 0 Å². The number of benzene rings is 2. The minimum absolute atomic E-state index is 0.102. The molecule has 1 atom stereocenters. The van der Waals surface area contributed by atoms with Gasteiger partial charge in [-0.2, -0.15) is 5.26 Å². The van der Waals surface area contributed by atoms with Crippen molar-refractivity contribution in [1.29, 1.82) is 5.26 Å². The summed E-state index contributed by atoms with van der Waals surface area (Å²) >= 11 is 1.30. The maximum atomic E-state index is 12.5. The largest absolute Gasteiger partial charge is 0.292 e. The van der Waals surface area contributed by atoms with Crippen molar-refractivity contribution in [2.45, 2.75) is 5.92 Å². The molecular weight excluding hydrogens is 314 g/mol. The van der Waals surface area contributed by atoms with Crippen LogP contribution in [0.3, 0.4) is 0 Å². The molecule has 0 radical (unpaired) electrons. The second-order valence-corrected chi connectivity index (χ2v) is 5.81. The van der Waals surface area contributed by atoms with E-state index in [2.05, 4.69) is 4.98 Å². The Bertz CT molecular complexity index is 908. The molecule has 1 heterocycles. The number of thiazole rings is 1. The van der Waals surface area contributed by atoms with E-state index in [4.69, 9.17) is 0 Å². The van der Waals surface area contributed by atoms with E-state index < -0.39 is 16.6 Å². The normalized spacial score (nSPS) is 11.8. The standard InChI is InChI=1S/C16H9N3O3S/c17-9-12(16-18-13-3-1-2-4-14(13)23-16)15(20)10-5-7-11(8-6-10)19(21)22/h1-8,12H/t12-/m0/s1. The molecule has 0 N–H and O–H groups in total. The predicted octanol–water partition coefficient (Wildman–Crippen LogP) is 3.69. The lowest BCUT2D eigenvalue weighted by atomic mass is 9.99. The highest BCUT2D eigenvalue weighted by molar-refractivity contribution is 7.18. The number of fused-ring (bicyclic) bond motifs is 1. The van der Waals surface area contributed by atoms with Crippen molar-refractivity contribution in [1.82, 2.24) is 4.98 Å². The Kier molecular flexibility index (Phi) is 3.83. The fraction of sp³-hybridized carbons (Fsp3) is 0.0625. The van der Waals surface area contributed by atoms with Crippen LogP contribution < -0.4 is 0 Å². The quantitative estimate of drug-likeness (QED) is 0.414. The zero-order chi connectivity index (χ0) is 16.4. The van der Waals surface area contributed by atoms with Gasteiger partial charge in [0.1, 0.15) is 5.01 Å². The van der Waals surface area contributed by atoms with Crippen molar-refractivity contribution in [2.75, 3.05) is 0 Å². The lowest BCUT2D eigenvalue weighted by molar-refractivity contribution is -0.384. The van der Waals surface area contributed by atoms with E-state index in [0.717, 1.165) is 10.2 Å². The predicted molar refractivity (Wildman–Crippen MR) is 85.4 cm³/mol. The minimum Gasteiger partial charge on any atom is -0.292 e. The molecule has 112 valence electrons. The Morgan fingerprint density at radius 1 is 1.22 bits per heavy atom. The summed E-state index contributed by atoms with van der Waals surface area (Å²) in [5.41, 5.74) is 0.890. The molecule has 0 fully saturated rings. The van der Waals surface area contributed by atoms with Crippen LogP contribution in [0.15, 0.2) is 48.5 Å². The molecule has 6 nitrogen and oxygen atoms in total. The van der Waals surface area contributed by atoms with Crippen LogP contribution in [-0.2, 0) is 0 Å². The second-order valence-electron chi connectivity index (χ2n) is 4.75. The maximum Gasteiger partial charge on any atom is 0.269 e. The van der Waals surface area contributed by atoms with Crippen LogP contribution in [-0.4, -0.2) is 15.7 Å². The van der Waals surface area contributed by atoms with Crippen molar-refractivity contribution >= 4 is 33.0 Å². The van der Waals surface area contributed by atoms with Crippen molar-refractivity contribution in [3.63, 3.8) is 0 Å². The number of aromatic nitrogens is 1. The number of nitriles is 1. The molecule has 0 amide bonds. The number of hydrogen-bond donors (Lipinski definition) is 0. The first-order valence-corrected chi connectivity index (χ1v) is 7.45. The number of nitrogens with zero attached hydrogens (tertiary/aromatic N) is 3. The zero-order valence-corrected chi connectivity index (χ0v) is 12.5. The van der Waals surface area contributed by atoms with E-state index in [9.17, 15) is 20.2 Å². The first-order valence-electron chi connectivity index (χ1n) is 6.64. The Hall–Kier alpha value is -3.11. The number of rotatable bonds is 4. The number of para-hydroxylation sites is 1. The summed E-state index contributed by atoms with van der Waals surface area (Å²) in [6.07, 6.45) is 0. The van der Waals surface area contributed by atoms with E-state index in [1.165, 1.54) is 35.6 Å². The third-order valence-electron chi connectivity index (χ3n) is 3.31. The zero-order valence-electron chi connectivity index (χ0n) is 11.7. The number of Topliss-reactive ketones (excluding diaryl/α,β-unsaturated/α-hetero) is 1. The van der Waals surface area contributed by atoms with E-state index in [-0.39, 0.29) is 11.3 Å². The summed E-state index contributed by atoms with van der Waals surface area (Å²) in [4.78, 5) is 27.0. The number of carbonyl (C=O) groups is 1. The van der Waals surface area contributed by atoms with Gasteiger partial charge < -0.3 is 0 Å². The third kappa shape index (κ3) is 2.80. The highest BCUT2D eigenvalue weighted by Gasteiger charge is 2.25. The molecule has 0 unspecified atom stereocenters. The average molecular weight is 323 g/mol. The smallest absolute Gasteiger partial charge is 0.269 e. The molecule has 0 aliphatic heterocycles. The van der Waals surface area contributed by atoms with Gasteiger partial charge in [-0.05, 0) is 24.3 Å². The van der Waals surface area contributed by atoms with Gasteiger partial charge in [0.15, 0.2) is 11.7 Å². The molecule has 0 saturated heterocycles. The number of nitro benzene ring substituents is 1. The van der Waals surface area contributed by atoms with Gasteiger partial charge in [-0.25, -0.2) is 4.98 Å². The fourth-order valence-electron chi connectivity index (χ4n) is 2.15. The van der Waals surface area contributed by atoms with Crippen molar-refractivity contribution < 1.29 is 9.72 Å². The molecule has 0 aliphatic rings. The van der Waals surface area contributed by atoms with Gasteiger partial charge in [-0.3, -0.25) is 14.9 Å². The molecule has 1 aromatic heterocycles. The minimum atomic E-state index is -1.02. The first-order chi connectivity index (χ1) is 11.1. The maximum absolute atomic E-state index is 12.5. The SMILES string of the molecule is N#C[C@@H](C(=O)c1ccc([N+](=O)[O-])cc1)c1nc2ccccc2s1. The molecule has 7 heteroatoms. The monoisotopic (exact) mass is 323 g/mol. The summed E-state index contributed by atoms with van der Waals surface area (Å²) in [6.45, 7) is 0. The molecular formula is C16H9N3O3S.